The third-order valence-electron chi connectivity index (χ3n) is 7.26. The average molecular weight is 618 g/mol. The Morgan fingerprint density at radius 1 is 0.953 bits per heavy atom. The van der Waals surface area contributed by atoms with Gasteiger partial charge in [-0.05, 0) is 46.7 Å². The Balaban J connectivity index is 1.34. The molecule has 43 heavy (non-hydrogen) atoms. The van der Waals surface area contributed by atoms with Gasteiger partial charge in [0.1, 0.15) is 5.75 Å². The van der Waals surface area contributed by atoms with Crippen molar-refractivity contribution in [2.75, 3.05) is 0 Å². The largest absolute Gasteiger partial charge is 0.508 e. The number of phenolic OH excluding ortho intramolecular Hbond substituents is 1. The number of amides is 1. The highest BCUT2D eigenvalue weighted by Crippen LogP contribution is 2.39. The highest BCUT2D eigenvalue weighted by atomic mass is 35.5. The molecule has 0 fully saturated rings. The van der Waals surface area contributed by atoms with Gasteiger partial charge in [-0.25, -0.2) is 14.5 Å². The predicted octanol–water partition coefficient (Wildman–Crippen LogP) is 7.98. The number of benzene rings is 3. The van der Waals surface area contributed by atoms with Gasteiger partial charge in [0.05, 0.1) is 26.7 Å². The summed E-state index contributed by atoms with van der Waals surface area (Å²) < 4.78 is 43.5. The second-order valence-corrected chi connectivity index (χ2v) is 11.7. The van der Waals surface area contributed by atoms with Crippen molar-refractivity contribution in [2.24, 2.45) is 5.10 Å². The van der Waals surface area contributed by atoms with Crippen molar-refractivity contribution in [1.29, 1.82) is 0 Å². The first-order valence-corrected chi connectivity index (χ1v) is 14.3. The Kier molecular flexibility index (Phi) is 6.44. The number of hydrogen-bond acceptors (Lipinski definition) is 6. The number of nitrogens with zero attached hydrogens (tertiary/aromatic N) is 5. The Labute approximate surface area is 251 Å². The van der Waals surface area contributed by atoms with Crippen LogP contribution in [0.15, 0.2) is 96.1 Å². The maximum Gasteiger partial charge on any atom is 0.433 e. The van der Waals surface area contributed by atoms with Crippen molar-refractivity contribution in [3.8, 4) is 16.3 Å². The van der Waals surface area contributed by atoms with Crippen LogP contribution < -0.4 is 0 Å². The lowest BCUT2D eigenvalue weighted by Gasteiger charge is -2.21. The number of hydrogen-bond donors (Lipinski definition) is 1. The zero-order valence-corrected chi connectivity index (χ0v) is 23.5. The number of aromatic hydroxyl groups is 1. The quantitative estimate of drug-likeness (QED) is 0.217. The molecule has 0 saturated heterocycles. The van der Waals surface area contributed by atoms with E-state index in [1.807, 2.05) is 42.5 Å². The van der Waals surface area contributed by atoms with Crippen LogP contribution in [0.1, 0.15) is 39.8 Å². The molecule has 3 aromatic carbocycles. The summed E-state index contributed by atoms with van der Waals surface area (Å²) in [7, 11) is 0. The topological polar surface area (TPSA) is 83.1 Å². The third kappa shape index (κ3) is 4.90. The minimum atomic E-state index is -4.78. The number of para-hydroxylation sites is 1. The fourth-order valence-corrected chi connectivity index (χ4v) is 6.23. The number of hydrazone groups is 1. The van der Waals surface area contributed by atoms with E-state index in [0.29, 0.717) is 25.0 Å². The van der Waals surface area contributed by atoms with E-state index < -0.39 is 23.8 Å². The minimum absolute atomic E-state index is 0.0319. The number of aromatic nitrogens is 3. The molecule has 7 nitrogen and oxygen atoms in total. The molecule has 0 aliphatic carbocycles. The van der Waals surface area contributed by atoms with Gasteiger partial charge in [0.15, 0.2) is 17.0 Å². The Hall–Kier alpha value is -4.74. The van der Waals surface area contributed by atoms with E-state index in [4.69, 9.17) is 11.6 Å². The number of alkyl halides is 3. The lowest BCUT2D eigenvalue weighted by atomic mass is 9.96. The molecule has 1 unspecified atom stereocenters. The summed E-state index contributed by atoms with van der Waals surface area (Å²) in [5, 5.41) is 22.5. The van der Waals surface area contributed by atoms with Gasteiger partial charge in [-0.2, -0.15) is 23.4 Å². The molecule has 1 aliphatic heterocycles. The first-order chi connectivity index (χ1) is 20.7. The maximum absolute atomic E-state index is 14.2. The first kappa shape index (κ1) is 27.1. The van der Waals surface area contributed by atoms with E-state index in [-0.39, 0.29) is 29.2 Å². The second kappa shape index (κ2) is 10.2. The van der Waals surface area contributed by atoms with E-state index in [1.54, 1.807) is 30.3 Å². The predicted molar refractivity (Wildman–Crippen MR) is 158 cm³/mol. The first-order valence-electron chi connectivity index (χ1n) is 13.1. The van der Waals surface area contributed by atoms with Gasteiger partial charge < -0.3 is 5.11 Å². The van der Waals surface area contributed by atoms with E-state index in [0.717, 1.165) is 33.7 Å². The van der Waals surface area contributed by atoms with E-state index >= 15 is 0 Å². The Morgan fingerprint density at radius 3 is 2.47 bits per heavy atom. The average Bonchev–Trinajstić information content (AvgIpc) is 3.74. The molecular weight excluding hydrogens is 599 g/mol. The molecule has 7 rings (SSSR count). The summed E-state index contributed by atoms with van der Waals surface area (Å²) in [6, 6.07) is 24.8. The fourth-order valence-electron chi connectivity index (χ4n) is 5.23. The molecule has 1 aliphatic rings. The standard InChI is InChI=1S/C31H19ClF3N5O2S/c32-28-12-11-26(43-28)22-15-27(31(33,34)35)40-29(36-22)16-23(38-40)30(42)39-24(20-7-3-4-8-25(20)41)14-21(37-39)19-10-9-17-5-1-2-6-18(17)13-19/h1-13,15-16,24,41H,14H2. The molecule has 3 aromatic heterocycles. The van der Waals surface area contributed by atoms with Crippen molar-refractivity contribution < 1.29 is 23.1 Å². The summed E-state index contributed by atoms with van der Waals surface area (Å²) in [4.78, 5) is 18.7. The molecule has 6 aromatic rings. The molecular formula is C31H19ClF3N5O2S. The van der Waals surface area contributed by atoms with Gasteiger partial charge in [0.2, 0.25) is 0 Å². The van der Waals surface area contributed by atoms with Crippen LogP contribution in [0.3, 0.4) is 0 Å². The minimum Gasteiger partial charge on any atom is -0.508 e. The zero-order chi connectivity index (χ0) is 29.9. The van der Waals surface area contributed by atoms with Gasteiger partial charge in [0.25, 0.3) is 5.91 Å². The van der Waals surface area contributed by atoms with Gasteiger partial charge in [-0.1, -0.05) is 66.2 Å². The van der Waals surface area contributed by atoms with Gasteiger partial charge in [0, 0.05) is 18.1 Å². The SMILES string of the molecule is O=C(c1cc2nc(-c3ccc(Cl)s3)cc(C(F)(F)F)n2n1)N1N=C(c2ccc3ccccc3c2)CC1c1ccccc1O. The van der Waals surface area contributed by atoms with Crippen LogP contribution in [0, 0.1) is 0 Å². The van der Waals surface area contributed by atoms with Gasteiger partial charge in [-0.15, -0.1) is 11.3 Å². The van der Waals surface area contributed by atoms with Crippen molar-refractivity contribution >= 4 is 51.0 Å². The molecule has 1 N–H and O–H groups in total. The van der Waals surface area contributed by atoms with Gasteiger partial charge >= 0.3 is 6.18 Å². The second-order valence-electron chi connectivity index (χ2n) is 9.96. The van der Waals surface area contributed by atoms with E-state index in [9.17, 15) is 23.1 Å². The van der Waals surface area contributed by atoms with Crippen LogP contribution in [0.2, 0.25) is 4.34 Å². The van der Waals surface area contributed by atoms with Crippen molar-refractivity contribution in [1.82, 2.24) is 19.6 Å². The number of carbonyl (C=O) groups is 1. The number of phenols is 1. The summed E-state index contributed by atoms with van der Waals surface area (Å²) >= 11 is 7.10. The lowest BCUT2D eigenvalue weighted by Crippen LogP contribution is -2.27. The molecule has 0 radical (unpaired) electrons. The molecule has 1 amide bonds. The lowest BCUT2D eigenvalue weighted by molar-refractivity contribution is -0.142. The van der Waals surface area contributed by atoms with Crippen LogP contribution in [0.4, 0.5) is 13.2 Å². The summed E-state index contributed by atoms with van der Waals surface area (Å²) in [6.07, 6.45) is -4.51. The maximum atomic E-state index is 14.2. The molecule has 1 atom stereocenters. The highest BCUT2D eigenvalue weighted by molar-refractivity contribution is 7.19. The van der Waals surface area contributed by atoms with Crippen molar-refractivity contribution in [3.05, 3.63) is 118 Å². The number of halogens is 4. The Morgan fingerprint density at radius 2 is 1.72 bits per heavy atom. The molecule has 0 bridgehead atoms. The number of thiophene rings is 1. The molecule has 0 saturated carbocycles. The van der Waals surface area contributed by atoms with E-state index in [1.165, 1.54) is 17.1 Å². The fraction of sp³-hybridized carbons (Fsp3) is 0.0968. The monoisotopic (exact) mass is 617 g/mol. The summed E-state index contributed by atoms with van der Waals surface area (Å²) in [6.45, 7) is 0. The van der Waals surface area contributed by atoms with Gasteiger partial charge in [-0.3, -0.25) is 4.79 Å². The third-order valence-corrected chi connectivity index (χ3v) is 8.51. The number of fused-ring (bicyclic) bond motifs is 2. The van der Waals surface area contributed by atoms with Crippen LogP contribution >= 0.6 is 22.9 Å². The van der Waals surface area contributed by atoms with Crippen LogP contribution in [0.5, 0.6) is 5.75 Å². The van der Waals surface area contributed by atoms with Crippen molar-refractivity contribution in [3.63, 3.8) is 0 Å². The summed E-state index contributed by atoms with van der Waals surface area (Å²) in [5.41, 5.74) is 0.352. The molecule has 214 valence electrons. The van der Waals surface area contributed by atoms with Crippen LogP contribution in [-0.4, -0.2) is 36.3 Å². The molecule has 4 heterocycles. The molecule has 12 heteroatoms. The smallest absolute Gasteiger partial charge is 0.433 e. The van der Waals surface area contributed by atoms with Crippen LogP contribution in [0.25, 0.3) is 27.0 Å². The number of carbonyl (C=O) groups excluding carboxylic acids is 1. The Bertz CT molecular complexity index is 2090. The normalized spacial score (nSPS) is 15.4. The number of rotatable bonds is 4. The van der Waals surface area contributed by atoms with Crippen molar-refractivity contribution in [2.45, 2.75) is 18.6 Å². The molecule has 0 spiro atoms. The highest BCUT2D eigenvalue weighted by Gasteiger charge is 2.38. The summed E-state index contributed by atoms with van der Waals surface area (Å²) in [5.74, 6) is -0.765. The van der Waals surface area contributed by atoms with E-state index in [2.05, 4.69) is 15.2 Å². The zero-order valence-electron chi connectivity index (χ0n) is 22.0. The van der Waals surface area contributed by atoms with Crippen LogP contribution in [-0.2, 0) is 6.18 Å².